The number of hydrogen-bond donors (Lipinski definition) is 30. The van der Waals surface area contributed by atoms with Gasteiger partial charge in [-0.3, -0.25) is 36.9 Å². The Morgan fingerprint density at radius 2 is 0.677 bits per heavy atom. The number of hydrogen-bond acceptors (Lipinski definition) is 36. The number of carbonyl (C=O) groups is 2. The van der Waals surface area contributed by atoms with Crippen LogP contribution in [0.5, 0.6) is 0 Å². The third-order valence-corrected chi connectivity index (χ3v) is 14.7. The van der Waals surface area contributed by atoms with E-state index in [4.69, 9.17) is 136 Å². The highest BCUT2D eigenvalue weighted by Gasteiger charge is 2.63. The summed E-state index contributed by atoms with van der Waals surface area (Å²) in [5.41, 5.74) is 38.8. The maximum absolute atomic E-state index is 12.1. The number of nitrogens with one attached hydrogen (secondary N) is 2. The second-order valence-corrected chi connectivity index (χ2v) is 23.8. The summed E-state index contributed by atoms with van der Waals surface area (Å²) in [5.74, 6) is -2.07. The molecule has 6 rings (SSSR count). The van der Waals surface area contributed by atoms with Crippen LogP contribution < -0.4 is 56.5 Å². The van der Waals surface area contributed by atoms with Crippen LogP contribution in [0, 0.1) is 0 Å². The summed E-state index contributed by atoms with van der Waals surface area (Å²) in [7, 11) is -11.2. The largest absolute Gasteiger partial charge is 0.412 e. The minimum atomic E-state index is -4.67. The zero-order valence-corrected chi connectivity index (χ0v) is 52.8. The zero-order chi connectivity index (χ0) is 73.7. The Labute approximate surface area is 543 Å². The highest BCUT2D eigenvalue weighted by Crippen LogP contribution is 2.41. The maximum Gasteiger partial charge on any atom is 0.394 e. The summed E-state index contributed by atoms with van der Waals surface area (Å²) in [5, 5.41) is 153. The van der Waals surface area contributed by atoms with Gasteiger partial charge in [0.15, 0.2) is 72.8 Å². The molecule has 96 heavy (non-hydrogen) atoms. The van der Waals surface area contributed by atoms with Crippen LogP contribution in [0.2, 0.25) is 0 Å². The topological polar surface area (TPSA) is 928 Å². The number of aliphatic hydroxyl groups is 14. The van der Waals surface area contributed by atoms with Crippen molar-refractivity contribution >= 4 is 67.6 Å². The average Bonchev–Trinajstić information content (AvgIpc) is 1.51. The summed E-state index contributed by atoms with van der Waals surface area (Å²) in [4.78, 5) is 39.4. The molecule has 0 unspecified atom stereocenters. The summed E-state index contributed by atoms with van der Waals surface area (Å²) in [6.07, 6.45) is -34.6. The monoisotopic (exact) mass is 1470 g/mol. The maximum atomic E-state index is 12.1. The Balaban J connectivity index is 0.000000783. The molecule has 564 valence electrons. The molecule has 54 heteroatoms. The Hall–Kier alpha value is -4.97. The molecule has 0 bridgehead atoms. The van der Waals surface area contributed by atoms with E-state index in [9.17, 15) is 81.1 Å². The van der Waals surface area contributed by atoms with Gasteiger partial charge in [0, 0.05) is 0 Å². The minimum Gasteiger partial charge on any atom is -0.412 e. The lowest BCUT2D eigenvalue weighted by Gasteiger charge is -2.45. The predicted octanol–water partition coefficient (Wildman–Crippen LogP) is -19.1. The van der Waals surface area contributed by atoms with Crippen LogP contribution >= 0.6 is 0 Å². The molecule has 2 aliphatic carbocycles. The van der Waals surface area contributed by atoms with Gasteiger partial charge in [0.05, 0.1) is 37.5 Å². The lowest BCUT2D eigenvalue weighted by atomic mass is 9.81. The summed E-state index contributed by atoms with van der Waals surface area (Å²) in [6.45, 7) is 1.24. The number of aliphatic hydroxyl groups excluding tert-OH is 12. The van der Waals surface area contributed by atoms with Crippen molar-refractivity contribution in [1.29, 1.82) is 0 Å². The van der Waals surface area contributed by atoms with Gasteiger partial charge in [-0.15, -0.1) is 0 Å². The van der Waals surface area contributed by atoms with Gasteiger partial charge in [-0.2, -0.15) is 25.3 Å². The van der Waals surface area contributed by atoms with E-state index in [0.29, 0.717) is 0 Å². The smallest absolute Gasteiger partial charge is 0.394 e. The molecule has 0 aromatic carbocycles. The molecule has 4 heterocycles. The summed E-state index contributed by atoms with van der Waals surface area (Å²) in [6, 6.07) is -8.16. The SMILES string of the molecule is CN[C@@H]1[C@H](O[C@H]2[C@H](O[C@@H]3[C@@H](O)[C@H](O)[C@@H](N=C(N)N)[C@H](O)[C@H]3N=C(N)N)O[C@@H](C)[C@]2(O)C=O)O[C@@H](CO)[C@H](O)[C@H]1O.CN[C@@H]1[C@H](O[C@H]2[C@H](O[C@@H]3[C@@H](O)[C@H](O)[C@@H](N=C(N)N)[C@H](O)[C@H]3N=C(N)N)O[C@@H](C)[C@]2(O)C=O)O[C@@H](CO)[C@H](O)[C@H]1O.O.O=S(=O)(O)O.O=S(=O)(O)O.O=S(=O)(O)O. The number of aliphatic imine (C=N–C) groups is 4. The molecule has 0 aromatic heterocycles. The molecule has 51 nitrogen and oxygen atoms in total. The fraction of sp³-hybridized carbons (Fsp3) is 0.857. The molecule has 0 aromatic rings. The standard InChI is InChI=1S/2C21H39N7O12.3H2O4S.H2O/c2*1-5-21(36,4-30)16(40-17-9(26-2)13(34)10(31)6(3-29)38-17)18(37-5)39-15-8(28-20(24)25)11(32)7(27-19(22)23)12(33)14(15)35;3*1-5(2,3)4;/h2*4-18,26,29,31-36H,3H2,1-2H3,(H4,22,23,27)(H4,24,25,28);3*(H2,1,2,3,4);1H2/t2*5-,6-,7-,8+,9-,10-,11-,12+,13-,14-,15-,16-,17-,18-,21+;;;;/m00..../s1. The molecule has 6 fully saturated rings. The number of nitrogens with zero attached hydrogens (tertiary/aromatic N) is 4. The quantitative estimate of drug-likeness (QED) is 0.0262. The van der Waals surface area contributed by atoms with Gasteiger partial charge in [-0.05, 0) is 27.9 Å². The first-order valence-corrected chi connectivity index (χ1v) is 31.0. The van der Waals surface area contributed by atoms with Crippen molar-refractivity contribution < 1.29 is 177 Å². The zero-order valence-electron chi connectivity index (χ0n) is 50.3. The van der Waals surface area contributed by atoms with Gasteiger partial charge in [-0.1, -0.05) is 0 Å². The minimum absolute atomic E-state index is 0. The fourth-order valence-electron chi connectivity index (χ4n) is 10.2. The van der Waals surface area contributed by atoms with Crippen LogP contribution in [-0.2, 0) is 78.7 Å². The average molecular weight is 1480 g/mol. The Morgan fingerprint density at radius 3 is 0.896 bits per heavy atom. The third kappa shape index (κ3) is 24.1. The second kappa shape index (κ2) is 36.9. The second-order valence-electron chi connectivity index (χ2n) is 21.1. The van der Waals surface area contributed by atoms with Crippen molar-refractivity contribution in [2.45, 2.75) is 196 Å². The van der Waals surface area contributed by atoms with E-state index in [1.165, 1.54) is 27.9 Å². The van der Waals surface area contributed by atoms with Crippen molar-refractivity contribution in [2.24, 2.45) is 65.8 Å². The molecule has 40 N–H and O–H groups in total. The highest BCUT2D eigenvalue weighted by atomic mass is 32.3. The molecule has 4 aliphatic heterocycles. The Kier molecular flexibility index (Phi) is 34.2. The van der Waals surface area contributed by atoms with Crippen LogP contribution in [-0.4, -0.2) is 376 Å². The van der Waals surface area contributed by atoms with E-state index < -0.39 is 251 Å². The lowest BCUT2D eigenvalue weighted by molar-refractivity contribution is -0.314. The van der Waals surface area contributed by atoms with E-state index in [2.05, 4.69) is 30.6 Å². The van der Waals surface area contributed by atoms with Gasteiger partial charge in [0.1, 0.15) is 122 Å². The molecule has 0 spiro atoms. The van der Waals surface area contributed by atoms with Crippen LogP contribution in [0.25, 0.3) is 0 Å². The highest BCUT2D eigenvalue weighted by molar-refractivity contribution is 7.80. The molecule has 6 aliphatic rings. The first-order chi connectivity index (χ1) is 43.4. The van der Waals surface area contributed by atoms with E-state index in [-0.39, 0.29) is 18.0 Å². The first-order valence-electron chi connectivity index (χ1n) is 26.9. The molecule has 4 saturated heterocycles. The van der Waals surface area contributed by atoms with Gasteiger partial charge in [0.2, 0.25) is 0 Å². The number of ether oxygens (including phenoxy) is 8. The van der Waals surface area contributed by atoms with Gasteiger partial charge in [0.25, 0.3) is 0 Å². The Bertz CT molecular complexity index is 2690. The van der Waals surface area contributed by atoms with E-state index in [1.54, 1.807) is 0 Å². The lowest BCUT2D eigenvalue weighted by Crippen LogP contribution is -2.66. The fourth-order valence-corrected chi connectivity index (χ4v) is 10.2. The van der Waals surface area contributed by atoms with E-state index >= 15 is 0 Å². The number of likely N-dealkylation sites (N-methyl/N-ethyl adjacent to an activating group) is 2. The number of rotatable bonds is 18. The van der Waals surface area contributed by atoms with E-state index in [1.807, 2.05) is 0 Å². The normalized spacial score (nSPS) is 41.3. The number of nitrogens with two attached hydrogens (primary N) is 8. The number of guanidine groups is 4. The number of carbonyl (C=O) groups excluding carboxylic acids is 2. The number of aldehydes is 2. The van der Waals surface area contributed by atoms with Gasteiger partial charge in [-0.25, -0.2) is 20.0 Å². The molecule has 30 atom stereocenters. The summed E-state index contributed by atoms with van der Waals surface area (Å²) < 4.78 is 141. The van der Waals surface area contributed by atoms with E-state index in [0.717, 1.165) is 0 Å². The third-order valence-electron chi connectivity index (χ3n) is 14.7. The molecule has 0 radical (unpaired) electrons. The molecular formula is C42H86N14O37S3. The van der Waals surface area contributed by atoms with Crippen molar-refractivity contribution in [3.05, 3.63) is 0 Å². The molecule has 0 amide bonds. The van der Waals surface area contributed by atoms with Crippen molar-refractivity contribution in [3.8, 4) is 0 Å². The van der Waals surface area contributed by atoms with Crippen molar-refractivity contribution in [1.82, 2.24) is 10.6 Å². The van der Waals surface area contributed by atoms with Gasteiger partial charge >= 0.3 is 31.2 Å². The Morgan fingerprint density at radius 1 is 0.427 bits per heavy atom. The van der Waals surface area contributed by atoms with Crippen molar-refractivity contribution in [2.75, 3.05) is 27.3 Å². The molecular weight excluding hydrogens is 1390 g/mol. The van der Waals surface area contributed by atoms with Crippen molar-refractivity contribution in [3.63, 3.8) is 0 Å². The van der Waals surface area contributed by atoms with Crippen LogP contribution in [0.3, 0.4) is 0 Å². The molecule has 2 saturated carbocycles. The summed E-state index contributed by atoms with van der Waals surface area (Å²) >= 11 is 0. The van der Waals surface area contributed by atoms with Crippen LogP contribution in [0.1, 0.15) is 13.8 Å². The van der Waals surface area contributed by atoms with Crippen LogP contribution in [0.4, 0.5) is 0 Å². The van der Waals surface area contributed by atoms with Crippen LogP contribution in [0.15, 0.2) is 20.0 Å². The predicted molar refractivity (Wildman–Crippen MR) is 312 cm³/mol. The first kappa shape index (κ1) is 89.0. The van der Waals surface area contributed by atoms with Gasteiger partial charge < -0.3 is 171 Å².